The van der Waals surface area contributed by atoms with Crippen LogP contribution in [0.2, 0.25) is 0 Å². The summed E-state index contributed by atoms with van der Waals surface area (Å²) in [6.45, 7) is 4.41. The zero-order valence-electron chi connectivity index (χ0n) is 25.7. The van der Waals surface area contributed by atoms with Crippen LogP contribution in [0.15, 0.2) is 43.1 Å². The van der Waals surface area contributed by atoms with Crippen molar-refractivity contribution in [2.45, 2.75) is 76.9 Å². The van der Waals surface area contributed by atoms with E-state index in [1.807, 2.05) is 30.5 Å². The van der Waals surface area contributed by atoms with Crippen LogP contribution in [-0.2, 0) is 17.5 Å². The average Bonchev–Trinajstić information content (AvgIpc) is 3.64. The molecule has 4 aromatic heterocycles. The number of hydrogen-bond acceptors (Lipinski definition) is 9. The van der Waals surface area contributed by atoms with E-state index >= 15 is 0 Å². The molecule has 11 nitrogen and oxygen atoms in total. The Balaban J connectivity index is 1.24. The topological polar surface area (TPSA) is 115 Å². The summed E-state index contributed by atoms with van der Waals surface area (Å²) in [5, 5.41) is 0. The minimum atomic E-state index is -4.53. The van der Waals surface area contributed by atoms with Crippen molar-refractivity contribution >= 4 is 11.2 Å². The molecule has 1 atom stereocenters. The molecular weight excluding hydrogens is 601 g/mol. The molecule has 2 aliphatic rings. The van der Waals surface area contributed by atoms with E-state index in [1.165, 1.54) is 10.9 Å². The van der Waals surface area contributed by atoms with E-state index < -0.39 is 11.9 Å². The lowest BCUT2D eigenvalue weighted by Crippen LogP contribution is -2.18. The molecule has 240 valence electrons. The molecule has 1 unspecified atom stereocenters. The van der Waals surface area contributed by atoms with E-state index in [4.69, 9.17) is 24.2 Å². The van der Waals surface area contributed by atoms with Gasteiger partial charge in [0.25, 0.3) is 0 Å². The highest BCUT2D eigenvalue weighted by molar-refractivity contribution is 5.80. The highest BCUT2D eigenvalue weighted by atomic mass is 19.4. The van der Waals surface area contributed by atoms with E-state index in [9.17, 15) is 13.2 Å². The van der Waals surface area contributed by atoms with Crippen LogP contribution in [0.5, 0.6) is 11.8 Å². The molecule has 0 radical (unpaired) electrons. The summed E-state index contributed by atoms with van der Waals surface area (Å²) in [6.07, 6.45) is 4.35. The van der Waals surface area contributed by atoms with Crippen molar-refractivity contribution in [2.75, 3.05) is 13.7 Å². The highest BCUT2D eigenvalue weighted by Gasteiger charge is 2.35. The first-order chi connectivity index (χ1) is 22.2. The lowest BCUT2D eigenvalue weighted by atomic mass is 10.1. The molecule has 46 heavy (non-hydrogen) atoms. The average molecular weight is 635 g/mol. The van der Waals surface area contributed by atoms with Gasteiger partial charge >= 0.3 is 6.18 Å². The largest absolute Gasteiger partial charge is 0.480 e. The molecule has 0 spiro atoms. The third kappa shape index (κ3) is 5.77. The molecule has 1 aromatic carbocycles. The molecule has 1 aliphatic carbocycles. The van der Waals surface area contributed by atoms with Gasteiger partial charge in [-0.1, -0.05) is 24.3 Å². The summed E-state index contributed by atoms with van der Waals surface area (Å²) in [7, 11) is 1.55. The molecule has 0 amide bonds. The monoisotopic (exact) mass is 634 g/mol. The zero-order valence-corrected chi connectivity index (χ0v) is 25.7. The van der Waals surface area contributed by atoms with Gasteiger partial charge < -0.3 is 18.8 Å². The smallest absolute Gasteiger partial charge is 0.434 e. The first-order valence-electron chi connectivity index (χ1n) is 15.3. The van der Waals surface area contributed by atoms with E-state index in [0.29, 0.717) is 46.5 Å². The number of fused-ring (bicyclic) bond motifs is 1. The Morgan fingerprint density at radius 1 is 0.978 bits per heavy atom. The summed E-state index contributed by atoms with van der Waals surface area (Å²) in [6, 6.07) is 6.90. The maximum Gasteiger partial charge on any atom is 0.434 e. The van der Waals surface area contributed by atoms with Crippen LogP contribution < -0.4 is 9.47 Å². The fourth-order valence-electron chi connectivity index (χ4n) is 5.74. The van der Waals surface area contributed by atoms with Gasteiger partial charge in [0.15, 0.2) is 22.7 Å². The van der Waals surface area contributed by atoms with E-state index in [1.54, 1.807) is 25.6 Å². The summed E-state index contributed by atoms with van der Waals surface area (Å²) in [4.78, 5) is 27.1. The number of ether oxygens (including phenoxy) is 3. The van der Waals surface area contributed by atoms with Gasteiger partial charge in [0.2, 0.25) is 11.8 Å². The molecule has 5 heterocycles. The maximum absolute atomic E-state index is 13.4. The van der Waals surface area contributed by atoms with Crippen LogP contribution in [-0.4, -0.2) is 52.8 Å². The van der Waals surface area contributed by atoms with Gasteiger partial charge in [-0.05, 0) is 51.5 Å². The number of halogens is 3. The number of rotatable bonds is 9. The Bertz CT molecular complexity index is 1860. The van der Waals surface area contributed by atoms with Gasteiger partial charge in [-0.25, -0.2) is 24.9 Å². The molecule has 1 saturated heterocycles. The lowest BCUT2D eigenvalue weighted by molar-refractivity contribution is -0.140. The molecule has 2 fully saturated rings. The van der Waals surface area contributed by atoms with Crippen molar-refractivity contribution in [1.29, 1.82) is 0 Å². The molecule has 0 N–H and O–H groups in total. The SMILES string of the molecule is COc1ncnc(C2CC2)c1-c1nc(OCc2ccc(-c3nc(C(F)(F)F)cn3C(C)C)cc2)c2c(ncn2C2CCCCO2)n1. The van der Waals surface area contributed by atoms with Gasteiger partial charge in [-0.15, -0.1) is 0 Å². The summed E-state index contributed by atoms with van der Waals surface area (Å²) >= 11 is 0. The number of alkyl halides is 3. The summed E-state index contributed by atoms with van der Waals surface area (Å²) < 4.78 is 61.8. The molecule has 1 saturated carbocycles. The second-order valence-electron chi connectivity index (χ2n) is 11.8. The lowest BCUT2D eigenvalue weighted by Gasteiger charge is -2.24. The Morgan fingerprint density at radius 2 is 1.78 bits per heavy atom. The Kier molecular flexibility index (Phi) is 7.83. The van der Waals surface area contributed by atoms with E-state index in [2.05, 4.69) is 19.9 Å². The number of benzene rings is 1. The number of hydrogen-bond donors (Lipinski definition) is 0. The number of aromatic nitrogens is 8. The van der Waals surface area contributed by atoms with Crippen molar-refractivity contribution in [3.63, 3.8) is 0 Å². The van der Waals surface area contributed by atoms with E-state index in [-0.39, 0.29) is 30.6 Å². The van der Waals surface area contributed by atoms with Crippen LogP contribution in [0.25, 0.3) is 33.9 Å². The molecule has 1 aliphatic heterocycles. The van der Waals surface area contributed by atoms with Gasteiger partial charge in [-0.2, -0.15) is 18.2 Å². The highest BCUT2D eigenvalue weighted by Crippen LogP contribution is 2.45. The molecule has 0 bridgehead atoms. The minimum Gasteiger partial charge on any atom is -0.480 e. The van der Waals surface area contributed by atoms with Crippen LogP contribution in [0, 0.1) is 0 Å². The van der Waals surface area contributed by atoms with Crippen molar-refractivity contribution in [1.82, 2.24) is 39.0 Å². The second-order valence-corrected chi connectivity index (χ2v) is 11.8. The minimum absolute atomic E-state index is 0.132. The first kappa shape index (κ1) is 30.1. The molecular formula is C32H33F3N8O3. The van der Waals surface area contributed by atoms with Crippen LogP contribution in [0.3, 0.4) is 0 Å². The van der Waals surface area contributed by atoms with Crippen LogP contribution in [0.4, 0.5) is 13.2 Å². The normalized spacial score (nSPS) is 17.2. The quantitative estimate of drug-likeness (QED) is 0.171. The Hall–Kier alpha value is -4.59. The Morgan fingerprint density at radius 3 is 2.46 bits per heavy atom. The summed E-state index contributed by atoms with van der Waals surface area (Å²) in [5.74, 6) is 1.57. The second kappa shape index (κ2) is 12.0. The van der Waals surface area contributed by atoms with Crippen molar-refractivity contribution in [3.05, 3.63) is 60.1 Å². The fourth-order valence-corrected chi connectivity index (χ4v) is 5.74. The van der Waals surface area contributed by atoms with Crippen LogP contribution >= 0.6 is 0 Å². The maximum atomic E-state index is 13.4. The van der Waals surface area contributed by atoms with Crippen molar-refractivity contribution in [3.8, 4) is 34.5 Å². The predicted molar refractivity (Wildman–Crippen MR) is 161 cm³/mol. The van der Waals surface area contributed by atoms with Gasteiger partial charge in [0.1, 0.15) is 30.5 Å². The first-order valence-corrected chi connectivity index (χ1v) is 15.3. The molecule has 5 aromatic rings. The number of imidazole rings is 2. The number of methoxy groups -OCH3 is 1. The standard InChI is InChI=1S/C32H33F3N8O3/c1-18(2)42-14-22(32(33,34)35)39-29(42)21-9-7-19(8-10-21)15-46-31-26-28(38-17-43(26)23-6-4-5-13-45-23)40-27(41-31)24-25(20-11-12-20)36-16-37-30(24)44-3/h7-10,14,16-18,20,23H,4-6,11-13,15H2,1-3H3. The van der Waals surface area contributed by atoms with Gasteiger partial charge in [-0.3, -0.25) is 4.57 Å². The molecule has 7 rings (SSSR count). The molecule has 14 heteroatoms. The summed E-state index contributed by atoms with van der Waals surface area (Å²) in [5.41, 5.74) is 2.93. The number of nitrogens with zero attached hydrogens (tertiary/aromatic N) is 8. The van der Waals surface area contributed by atoms with Gasteiger partial charge in [0, 0.05) is 30.3 Å². The van der Waals surface area contributed by atoms with Crippen molar-refractivity contribution in [2.24, 2.45) is 0 Å². The predicted octanol–water partition coefficient (Wildman–Crippen LogP) is 6.91. The third-order valence-corrected chi connectivity index (χ3v) is 8.25. The van der Waals surface area contributed by atoms with Crippen molar-refractivity contribution < 1.29 is 27.4 Å². The fraction of sp³-hybridized carbons (Fsp3) is 0.438. The third-order valence-electron chi connectivity index (χ3n) is 8.25. The zero-order chi connectivity index (χ0) is 32.0. The van der Waals surface area contributed by atoms with Crippen LogP contribution in [0.1, 0.15) is 81.1 Å². The van der Waals surface area contributed by atoms with E-state index in [0.717, 1.165) is 49.6 Å². The Labute approximate surface area is 262 Å². The van der Waals surface area contributed by atoms with Gasteiger partial charge in [0.05, 0.1) is 19.1 Å².